The van der Waals surface area contributed by atoms with Crippen LogP contribution in [0.2, 0.25) is 0 Å². The van der Waals surface area contributed by atoms with Gasteiger partial charge in [0.2, 0.25) is 0 Å². The zero-order valence-electron chi connectivity index (χ0n) is 15.1. The van der Waals surface area contributed by atoms with Crippen molar-refractivity contribution in [2.24, 2.45) is 0 Å². The van der Waals surface area contributed by atoms with Crippen molar-refractivity contribution in [3.8, 4) is 0 Å². The van der Waals surface area contributed by atoms with Gasteiger partial charge in [0.05, 0.1) is 17.2 Å². The van der Waals surface area contributed by atoms with Crippen LogP contribution in [0.25, 0.3) is 0 Å². The number of amides is 1. The molecule has 26 heavy (non-hydrogen) atoms. The number of hydrogen-bond donors (Lipinski definition) is 1. The Morgan fingerprint density at radius 1 is 1.27 bits per heavy atom. The van der Waals surface area contributed by atoms with Crippen LogP contribution < -0.4 is 5.32 Å². The van der Waals surface area contributed by atoms with Crippen LogP contribution in [0.5, 0.6) is 0 Å². The van der Waals surface area contributed by atoms with Gasteiger partial charge >= 0.3 is 0 Å². The number of aryl methyl sites for hydroxylation is 1. The van der Waals surface area contributed by atoms with Crippen LogP contribution in [-0.2, 0) is 13.0 Å². The third-order valence-corrected chi connectivity index (χ3v) is 4.56. The molecule has 3 aromatic rings. The number of aromatic nitrogens is 2. The summed E-state index contributed by atoms with van der Waals surface area (Å²) in [6, 6.07) is 11.7. The second kappa shape index (κ2) is 7.50. The van der Waals surface area contributed by atoms with E-state index in [4.69, 9.17) is 4.42 Å². The normalized spacial score (nSPS) is 11.5. The number of nitrogens with one attached hydrogen (secondary N) is 1. The maximum Gasteiger partial charge on any atom is 0.287 e. The molecule has 0 bridgehead atoms. The summed E-state index contributed by atoms with van der Waals surface area (Å²) >= 11 is 3.36. The Morgan fingerprint density at radius 2 is 2.04 bits per heavy atom. The Morgan fingerprint density at radius 3 is 2.73 bits per heavy atom. The standard InChI is InChI=1S/C20H22BrN3O2/c1-14-6-4-5-7-15(14)10-20(2,3)23-19(25)18-9-8-17(26-18)13-24-12-16(21)11-22-24/h4-9,11-12H,10,13H2,1-3H3,(H,23,25). The highest BCUT2D eigenvalue weighted by molar-refractivity contribution is 9.10. The number of rotatable bonds is 6. The molecule has 0 aliphatic rings. The van der Waals surface area contributed by atoms with Gasteiger partial charge in [0.15, 0.2) is 5.76 Å². The lowest BCUT2D eigenvalue weighted by Crippen LogP contribution is -2.45. The lowest BCUT2D eigenvalue weighted by Gasteiger charge is -2.26. The Bertz CT molecular complexity index is 911. The molecule has 0 spiro atoms. The minimum absolute atomic E-state index is 0.212. The average molecular weight is 416 g/mol. The van der Waals surface area contributed by atoms with Gasteiger partial charge in [0.1, 0.15) is 5.76 Å². The molecular formula is C20H22BrN3O2. The third kappa shape index (κ3) is 4.64. The van der Waals surface area contributed by atoms with Crippen LogP contribution in [-0.4, -0.2) is 21.2 Å². The fourth-order valence-corrected chi connectivity index (χ4v) is 3.20. The van der Waals surface area contributed by atoms with E-state index < -0.39 is 0 Å². The molecule has 0 saturated carbocycles. The topological polar surface area (TPSA) is 60.1 Å². The maximum atomic E-state index is 12.6. The SMILES string of the molecule is Cc1ccccc1CC(C)(C)NC(=O)c1ccc(Cn2cc(Br)cn2)o1. The van der Waals surface area contributed by atoms with Crippen molar-refractivity contribution in [1.29, 1.82) is 0 Å². The summed E-state index contributed by atoms with van der Waals surface area (Å²) in [5, 5.41) is 7.26. The van der Waals surface area contributed by atoms with Crippen LogP contribution in [0.1, 0.15) is 41.3 Å². The maximum absolute atomic E-state index is 12.6. The predicted molar refractivity (Wildman–Crippen MR) is 104 cm³/mol. The number of benzene rings is 1. The molecule has 3 rings (SSSR count). The van der Waals surface area contributed by atoms with Crippen molar-refractivity contribution in [1.82, 2.24) is 15.1 Å². The second-order valence-electron chi connectivity index (χ2n) is 7.06. The van der Waals surface area contributed by atoms with E-state index in [9.17, 15) is 4.79 Å². The third-order valence-electron chi connectivity index (χ3n) is 4.15. The molecule has 2 heterocycles. The Labute approximate surface area is 161 Å². The molecular weight excluding hydrogens is 394 g/mol. The van der Waals surface area contributed by atoms with Gasteiger partial charge in [-0.15, -0.1) is 0 Å². The second-order valence-corrected chi connectivity index (χ2v) is 7.98. The zero-order valence-corrected chi connectivity index (χ0v) is 16.7. The van der Waals surface area contributed by atoms with E-state index in [-0.39, 0.29) is 11.4 Å². The number of furan rings is 1. The van der Waals surface area contributed by atoms with E-state index in [1.165, 1.54) is 11.1 Å². The fourth-order valence-electron chi connectivity index (χ4n) is 2.87. The molecule has 1 N–H and O–H groups in total. The molecule has 0 aliphatic carbocycles. The molecule has 5 nitrogen and oxygen atoms in total. The van der Waals surface area contributed by atoms with Gasteiger partial charge in [-0.3, -0.25) is 9.48 Å². The summed E-state index contributed by atoms with van der Waals surface area (Å²) in [5.74, 6) is 0.781. The highest BCUT2D eigenvalue weighted by Gasteiger charge is 2.24. The largest absolute Gasteiger partial charge is 0.454 e. The first-order valence-corrected chi connectivity index (χ1v) is 9.25. The van der Waals surface area contributed by atoms with Crippen molar-refractivity contribution in [3.63, 3.8) is 0 Å². The number of halogens is 1. The molecule has 2 aromatic heterocycles. The van der Waals surface area contributed by atoms with E-state index >= 15 is 0 Å². The van der Waals surface area contributed by atoms with E-state index in [2.05, 4.69) is 45.4 Å². The Kier molecular flexibility index (Phi) is 5.32. The lowest BCUT2D eigenvalue weighted by atomic mass is 9.92. The highest BCUT2D eigenvalue weighted by atomic mass is 79.9. The minimum Gasteiger partial charge on any atom is -0.454 e. The molecule has 0 aliphatic heterocycles. The molecule has 136 valence electrons. The number of nitrogens with zero attached hydrogens (tertiary/aromatic N) is 2. The van der Waals surface area contributed by atoms with E-state index in [1.807, 2.05) is 32.2 Å². The van der Waals surface area contributed by atoms with E-state index in [0.717, 1.165) is 10.9 Å². The highest BCUT2D eigenvalue weighted by Crippen LogP contribution is 2.18. The average Bonchev–Trinajstić information content (AvgIpc) is 3.19. The molecule has 1 amide bonds. The van der Waals surface area contributed by atoms with Crippen molar-refractivity contribution in [3.05, 3.63) is 75.9 Å². The summed E-state index contributed by atoms with van der Waals surface area (Å²) in [7, 11) is 0. The van der Waals surface area contributed by atoms with Crippen LogP contribution >= 0.6 is 15.9 Å². The lowest BCUT2D eigenvalue weighted by molar-refractivity contribution is 0.0882. The monoisotopic (exact) mass is 415 g/mol. The van der Waals surface area contributed by atoms with E-state index in [1.54, 1.807) is 23.0 Å². The van der Waals surface area contributed by atoms with Crippen molar-refractivity contribution >= 4 is 21.8 Å². The van der Waals surface area contributed by atoms with Gasteiger partial charge < -0.3 is 9.73 Å². The number of carbonyl (C=O) groups is 1. The van der Waals surface area contributed by atoms with Crippen LogP contribution in [0.3, 0.4) is 0 Å². The molecule has 1 aromatic carbocycles. The van der Waals surface area contributed by atoms with Gasteiger partial charge in [0.25, 0.3) is 5.91 Å². The summed E-state index contributed by atoms with van der Waals surface area (Å²) in [6.45, 7) is 6.59. The molecule has 0 atom stereocenters. The van der Waals surface area contributed by atoms with Crippen LogP contribution in [0.15, 0.2) is 57.7 Å². The smallest absolute Gasteiger partial charge is 0.287 e. The zero-order chi connectivity index (χ0) is 18.7. The first-order valence-electron chi connectivity index (χ1n) is 8.46. The molecule has 0 fully saturated rings. The number of hydrogen-bond acceptors (Lipinski definition) is 3. The predicted octanol–water partition coefficient (Wildman–Crippen LogP) is 4.35. The quantitative estimate of drug-likeness (QED) is 0.650. The van der Waals surface area contributed by atoms with Gasteiger partial charge in [-0.25, -0.2) is 0 Å². The van der Waals surface area contributed by atoms with Crippen molar-refractivity contribution in [2.75, 3.05) is 0 Å². The van der Waals surface area contributed by atoms with Crippen LogP contribution in [0, 0.1) is 6.92 Å². The molecule has 0 saturated heterocycles. The minimum atomic E-state index is -0.386. The van der Waals surface area contributed by atoms with Gasteiger partial charge in [-0.05, 0) is 66.4 Å². The fraction of sp³-hybridized carbons (Fsp3) is 0.300. The first-order chi connectivity index (χ1) is 12.3. The van der Waals surface area contributed by atoms with Gasteiger partial charge in [-0.1, -0.05) is 24.3 Å². The van der Waals surface area contributed by atoms with Crippen molar-refractivity contribution in [2.45, 2.75) is 39.3 Å². The molecule has 0 unspecified atom stereocenters. The summed E-state index contributed by atoms with van der Waals surface area (Å²) in [4.78, 5) is 12.6. The van der Waals surface area contributed by atoms with Crippen LogP contribution in [0.4, 0.5) is 0 Å². The summed E-state index contributed by atoms with van der Waals surface area (Å²) in [6.07, 6.45) is 4.32. The Hall–Kier alpha value is -2.34. The summed E-state index contributed by atoms with van der Waals surface area (Å²) < 4.78 is 8.34. The molecule has 6 heteroatoms. The van der Waals surface area contributed by atoms with Crippen molar-refractivity contribution < 1.29 is 9.21 Å². The first kappa shape index (κ1) is 18.5. The number of carbonyl (C=O) groups excluding carboxylic acids is 1. The molecule has 0 radical (unpaired) electrons. The van der Waals surface area contributed by atoms with Gasteiger partial charge in [-0.2, -0.15) is 5.10 Å². The summed E-state index contributed by atoms with van der Waals surface area (Å²) in [5.41, 5.74) is 2.06. The van der Waals surface area contributed by atoms with Gasteiger partial charge in [0, 0.05) is 11.7 Å². The Balaban J connectivity index is 1.64. The van der Waals surface area contributed by atoms with E-state index in [0.29, 0.717) is 18.1 Å².